The molecule has 1 N–H and O–H groups in total. The van der Waals surface area contributed by atoms with E-state index in [4.69, 9.17) is 9.72 Å². The number of hydrogen-bond acceptors (Lipinski definition) is 4. The second-order valence-electron chi connectivity index (χ2n) is 8.20. The summed E-state index contributed by atoms with van der Waals surface area (Å²) in [5, 5.41) is 3.48. The lowest BCUT2D eigenvalue weighted by molar-refractivity contribution is -0.104. The average molecular weight is 448 g/mol. The Hall–Kier alpha value is -1.37. The molecule has 2 fully saturated rings. The third kappa shape index (κ3) is 4.29. The van der Waals surface area contributed by atoms with Gasteiger partial charge in [0.25, 0.3) is 0 Å². The van der Waals surface area contributed by atoms with Crippen molar-refractivity contribution in [1.29, 1.82) is 0 Å². The van der Waals surface area contributed by atoms with E-state index in [0.717, 1.165) is 38.0 Å². The van der Waals surface area contributed by atoms with Crippen LogP contribution in [0.1, 0.15) is 56.2 Å². The van der Waals surface area contributed by atoms with Crippen molar-refractivity contribution in [2.45, 2.75) is 62.5 Å². The Morgan fingerprint density at radius 1 is 1.18 bits per heavy atom. The number of hydrogen-bond donors (Lipinski definition) is 1. The standard InChI is InChI=1S/C22H27BrFN3O/c23-20-18(24)13-17(15-27-20)14-25-11-8-21(19-5-1-4-10-26-19)9-12-28-22(16-21)6-2-3-7-22/h1,4-5,10,13,15,25H,2-3,6-9,11-12,14,16H2. The molecule has 150 valence electrons. The van der Waals surface area contributed by atoms with Gasteiger partial charge in [0.2, 0.25) is 0 Å². The molecule has 3 heterocycles. The maximum atomic E-state index is 13.7. The molecule has 2 aromatic rings. The minimum absolute atomic E-state index is 0.0362. The summed E-state index contributed by atoms with van der Waals surface area (Å²) in [6.45, 7) is 2.26. The van der Waals surface area contributed by atoms with Crippen LogP contribution in [0.5, 0.6) is 0 Å². The third-order valence-corrected chi connectivity index (χ3v) is 6.92. The molecular weight excluding hydrogens is 421 g/mol. The minimum Gasteiger partial charge on any atom is -0.375 e. The fourth-order valence-corrected chi connectivity index (χ4v) is 5.13. The molecule has 4 rings (SSSR count). The number of aromatic nitrogens is 2. The van der Waals surface area contributed by atoms with Crippen molar-refractivity contribution in [3.05, 3.63) is 58.3 Å². The maximum absolute atomic E-state index is 13.7. The summed E-state index contributed by atoms with van der Waals surface area (Å²) in [6, 6.07) is 7.77. The van der Waals surface area contributed by atoms with Crippen LogP contribution in [0, 0.1) is 5.82 Å². The number of halogens is 2. The van der Waals surface area contributed by atoms with Crippen molar-refractivity contribution in [2.24, 2.45) is 0 Å². The summed E-state index contributed by atoms with van der Waals surface area (Å²) in [4.78, 5) is 8.77. The fourth-order valence-electron chi connectivity index (χ4n) is 4.91. The first kappa shape index (κ1) is 19.9. The Morgan fingerprint density at radius 3 is 2.79 bits per heavy atom. The second kappa shape index (κ2) is 8.56. The summed E-state index contributed by atoms with van der Waals surface area (Å²) in [7, 11) is 0. The van der Waals surface area contributed by atoms with Crippen molar-refractivity contribution in [3.8, 4) is 0 Å². The molecule has 2 aliphatic rings. The molecule has 0 amide bonds. The van der Waals surface area contributed by atoms with Gasteiger partial charge in [-0.2, -0.15) is 0 Å². The van der Waals surface area contributed by atoms with Gasteiger partial charge in [0.05, 0.1) is 5.60 Å². The van der Waals surface area contributed by atoms with Crippen LogP contribution in [0.15, 0.2) is 41.3 Å². The number of nitrogens with one attached hydrogen (secondary N) is 1. The second-order valence-corrected chi connectivity index (χ2v) is 8.95. The van der Waals surface area contributed by atoms with Crippen molar-refractivity contribution >= 4 is 15.9 Å². The maximum Gasteiger partial charge on any atom is 0.156 e. The zero-order valence-corrected chi connectivity index (χ0v) is 17.7. The number of nitrogens with zero attached hydrogens (tertiary/aromatic N) is 2. The van der Waals surface area contributed by atoms with Gasteiger partial charge in [-0.25, -0.2) is 9.37 Å². The van der Waals surface area contributed by atoms with E-state index in [1.807, 2.05) is 12.3 Å². The molecule has 0 aromatic carbocycles. The predicted octanol–water partition coefficient (Wildman–Crippen LogP) is 4.92. The van der Waals surface area contributed by atoms with E-state index in [0.29, 0.717) is 6.54 Å². The van der Waals surface area contributed by atoms with Crippen molar-refractivity contribution in [3.63, 3.8) is 0 Å². The third-order valence-electron chi connectivity index (χ3n) is 6.33. The molecule has 1 spiro atoms. The molecule has 1 atom stereocenters. The molecule has 28 heavy (non-hydrogen) atoms. The molecule has 1 unspecified atom stereocenters. The molecule has 0 radical (unpaired) electrons. The van der Waals surface area contributed by atoms with Gasteiger partial charge in [-0.15, -0.1) is 0 Å². The molecule has 1 saturated carbocycles. The van der Waals surface area contributed by atoms with Crippen molar-refractivity contribution in [1.82, 2.24) is 15.3 Å². The molecule has 6 heteroatoms. The van der Waals surface area contributed by atoms with E-state index in [1.165, 1.54) is 37.4 Å². The molecule has 1 aliphatic heterocycles. The van der Waals surface area contributed by atoms with Gasteiger partial charge < -0.3 is 10.1 Å². The van der Waals surface area contributed by atoms with Crippen LogP contribution in [-0.4, -0.2) is 28.7 Å². The highest BCUT2D eigenvalue weighted by molar-refractivity contribution is 9.10. The van der Waals surface area contributed by atoms with Crippen molar-refractivity contribution < 1.29 is 9.13 Å². The van der Waals surface area contributed by atoms with E-state index in [1.54, 1.807) is 6.20 Å². The van der Waals surface area contributed by atoms with Gasteiger partial charge in [-0.1, -0.05) is 18.9 Å². The van der Waals surface area contributed by atoms with E-state index in [2.05, 4.69) is 38.4 Å². The van der Waals surface area contributed by atoms with E-state index in [-0.39, 0.29) is 21.4 Å². The Bertz CT molecular complexity index is 798. The van der Waals surface area contributed by atoms with Gasteiger partial charge in [0.1, 0.15) is 4.60 Å². The number of rotatable bonds is 6. The summed E-state index contributed by atoms with van der Waals surface area (Å²) < 4.78 is 20.2. The molecule has 1 aliphatic carbocycles. The van der Waals surface area contributed by atoms with Crippen LogP contribution in [0.3, 0.4) is 0 Å². The van der Waals surface area contributed by atoms with Crippen LogP contribution in [0.2, 0.25) is 0 Å². The molecular formula is C22H27BrFN3O. The first-order chi connectivity index (χ1) is 13.6. The minimum atomic E-state index is -0.322. The lowest BCUT2D eigenvalue weighted by atomic mass is 9.68. The van der Waals surface area contributed by atoms with E-state index < -0.39 is 0 Å². The van der Waals surface area contributed by atoms with E-state index in [9.17, 15) is 4.39 Å². The summed E-state index contributed by atoms with van der Waals surface area (Å²) in [6.07, 6.45) is 11.5. The Kier molecular flexibility index (Phi) is 6.09. The number of ether oxygens (including phenoxy) is 1. The predicted molar refractivity (Wildman–Crippen MR) is 111 cm³/mol. The Labute approximate surface area is 174 Å². The first-order valence-corrected chi connectivity index (χ1v) is 11.0. The fraction of sp³-hybridized carbons (Fsp3) is 0.545. The Morgan fingerprint density at radius 2 is 2.04 bits per heavy atom. The van der Waals surface area contributed by atoms with Crippen molar-refractivity contribution in [2.75, 3.05) is 13.2 Å². The van der Waals surface area contributed by atoms with Crippen LogP contribution < -0.4 is 5.32 Å². The van der Waals surface area contributed by atoms with Crippen LogP contribution >= 0.6 is 15.9 Å². The monoisotopic (exact) mass is 447 g/mol. The van der Waals surface area contributed by atoms with Gasteiger partial charge in [0, 0.05) is 36.7 Å². The largest absolute Gasteiger partial charge is 0.375 e. The van der Waals surface area contributed by atoms with Crippen LogP contribution in [0.25, 0.3) is 0 Å². The highest BCUT2D eigenvalue weighted by Crippen LogP contribution is 2.49. The zero-order chi connectivity index (χ0) is 19.5. The van der Waals surface area contributed by atoms with Gasteiger partial charge in [-0.05, 0) is 78.3 Å². The lowest BCUT2D eigenvalue weighted by Crippen LogP contribution is -2.47. The molecule has 0 bridgehead atoms. The quantitative estimate of drug-likeness (QED) is 0.504. The van der Waals surface area contributed by atoms with Crippen LogP contribution in [-0.2, 0) is 16.7 Å². The normalized spacial score (nSPS) is 23.9. The first-order valence-electron chi connectivity index (χ1n) is 10.2. The summed E-state index contributed by atoms with van der Waals surface area (Å²) in [5.74, 6) is -0.322. The number of pyridine rings is 2. The summed E-state index contributed by atoms with van der Waals surface area (Å²) in [5.41, 5.74) is 2.11. The smallest absolute Gasteiger partial charge is 0.156 e. The lowest BCUT2D eigenvalue weighted by Gasteiger charge is -2.46. The molecule has 2 aromatic heterocycles. The van der Waals surface area contributed by atoms with Gasteiger partial charge >= 0.3 is 0 Å². The van der Waals surface area contributed by atoms with Gasteiger partial charge in [-0.3, -0.25) is 4.98 Å². The summed E-state index contributed by atoms with van der Waals surface area (Å²) >= 11 is 3.10. The average Bonchev–Trinajstić information content (AvgIpc) is 3.16. The van der Waals surface area contributed by atoms with Crippen LogP contribution in [0.4, 0.5) is 4.39 Å². The van der Waals surface area contributed by atoms with Gasteiger partial charge in [0.15, 0.2) is 5.82 Å². The highest BCUT2D eigenvalue weighted by atomic mass is 79.9. The SMILES string of the molecule is Fc1cc(CNCCC2(c3ccccn3)CCOC3(CCCC3)C2)cnc1Br. The topological polar surface area (TPSA) is 47.0 Å². The zero-order valence-electron chi connectivity index (χ0n) is 16.1. The highest BCUT2D eigenvalue weighted by Gasteiger charge is 2.48. The molecule has 1 saturated heterocycles. The molecule has 4 nitrogen and oxygen atoms in total. The Balaban J connectivity index is 1.45. The van der Waals surface area contributed by atoms with E-state index >= 15 is 0 Å².